The second-order valence-electron chi connectivity index (χ2n) is 4.80. The molecule has 5 nitrogen and oxygen atoms in total. The number of nitrogens with zero attached hydrogens (tertiary/aromatic N) is 2. The predicted molar refractivity (Wildman–Crippen MR) is 70.3 cm³/mol. The van der Waals surface area contributed by atoms with E-state index < -0.39 is 0 Å². The van der Waals surface area contributed by atoms with Crippen LogP contribution in [0.25, 0.3) is 0 Å². The Morgan fingerprint density at radius 1 is 1.33 bits per heavy atom. The van der Waals surface area contributed by atoms with Crippen LogP contribution in [0.4, 0.5) is 5.82 Å². The van der Waals surface area contributed by atoms with Gasteiger partial charge in [0.1, 0.15) is 12.1 Å². The smallest absolute Gasteiger partial charge is 0.239 e. The van der Waals surface area contributed by atoms with Crippen molar-refractivity contribution in [1.82, 2.24) is 15.3 Å². The van der Waals surface area contributed by atoms with Gasteiger partial charge in [-0.15, -0.1) is 0 Å². The molecule has 0 saturated heterocycles. The van der Waals surface area contributed by atoms with E-state index in [1.807, 2.05) is 13.0 Å². The van der Waals surface area contributed by atoms with Crippen molar-refractivity contribution in [3.8, 4) is 0 Å². The van der Waals surface area contributed by atoms with Crippen LogP contribution in [0.2, 0.25) is 0 Å². The largest absolute Gasteiger partial charge is 0.361 e. The van der Waals surface area contributed by atoms with Gasteiger partial charge in [0.2, 0.25) is 5.91 Å². The zero-order chi connectivity index (χ0) is 12.8. The molecule has 98 valence electrons. The Hall–Kier alpha value is -1.65. The Morgan fingerprint density at radius 2 is 2.11 bits per heavy atom. The van der Waals surface area contributed by atoms with Gasteiger partial charge >= 0.3 is 0 Å². The van der Waals surface area contributed by atoms with Gasteiger partial charge in [-0.05, 0) is 19.8 Å². The summed E-state index contributed by atoms with van der Waals surface area (Å²) >= 11 is 0. The zero-order valence-corrected chi connectivity index (χ0v) is 10.8. The minimum Gasteiger partial charge on any atom is -0.361 e. The van der Waals surface area contributed by atoms with Crippen molar-refractivity contribution >= 4 is 11.7 Å². The van der Waals surface area contributed by atoms with Crippen LogP contribution >= 0.6 is 0 Å². The van der Waals surface area contributed by atoms with Gasteiger partial charge in [-0.25, -0.2) is 9.97 Å². The molecule has 1 amide bonds. The van der Waals surface area contributed by atoms with Crippen molar-refractivity contribution < 1.29 is 4.79 Å². The van der Waals surface area contributed by atoms with Crippen molar-refractivity contribution in [3.63, 3.8) is 0 Å². The second kappa shape index (κ2) is 6.33. The third-order valence-corrected chi connectivity index (χ3v) is 3.20. The summed E-state index contributed by atoms with van der Waals surface area (Å²) in [6.45, 7) is 2.17. The lowest BCUT2D eigenvalue weighted by molar-refractivity contribution is -0.120. The molecule has 1 saturated carbocycles. The molecular weight excluding hydrogens is 228 g/mol. The number of hydrogen-bond acceptors (Lipinski definition) is 4. The number of carbonyl (C=O) groups is 1. The van der Waals surface area contributed by atoms with E-state index in [1.165, 1.54) is 25.6 Å². The molecule has 0 unspecified atom stereocenters. The van der Waals surface area contributed by atoms with Crippen LogP contribution in [-0.2, 0) is 4.79 Å². The molecule has 0 aliphatic heterocycles. The predicted octanol–water partition coefficient (Wildman–Crippen LogP) is 1.65. The van der Waals surface area contributed by atoms with E-state index in [0.717, 1.165) is 18.5 Å². The molecule has 5 heteroatoms. The average molecular weight is 248 g/mol. The molecule has 2 rings (SSSR count). The Bertz CT molecular complexity index is 402. The van der Waals surface area contributed by atoms with Crippen LogP contribution in [0.1, 0.15) is 37.8 Å². The average Bonchev–Trinajstić information content (AvgIpc) is 2.38. The Kier molecular flexibility index (Phi) is 4.50. The number of aromatic nitrogens is 2. The summed E-state index contributed by atoms with van der Waals surface area (Å²) in [6, 6.07) is 2.19. The molecule has 0 atom stereocenters. The number of anilines is 1. The highest BCUT2D eigenvalue weighted by atomic mass is 16.1. The molecule has 0 radical (unpaired) electrons. The van der Waals surface area contributed by atoms with Gasteiger partial charge in [-0.1, -0.05) is 19.3 Å². The minimum absolute atomic E-state index is 0.0400. The first-order valence-corrected chi connectivity index (χ1v) is 6.56. The van der Waals surface area contributed by atoms with E-state index in [0.29, 0.717) is 11.9 Å². The third kappa shape index (κ3) is 3.98. The lowest BCUT2D eigenvalue weighted by atomic mass is 9.95. The molecule has 1 aromatic rings. The summed E-state index contributed by atoms with van der Waals surface area (Å²) in [4.78, 5) is 19.8. The van der Waals surface area contributed by atoms with Crippen LogP contribution < -0.4 is 10.6 Å². The molecule has 18 heavy (non-hydrogen) atoms. The Labute approximate surface area is 107 Å². The minimum atomic E-state index is 0.0400. The van der Waals surface area contributed by atoms with Gasteiger partial charge in [0, 0.05) is 17.8 Å². The third-order valence-electron chi connectivity index (χ3n) is 3.20. The molecule has 2 N–H and O–H groups in total. The molecule has 1 fully saturated rings. The van der Waals surface area contributed by atoms with Gasteiger partial charge in [-0.3, -0.25) is 4.79 Å². The molecule has 0 spiro atoms. The topological polar surface area (TPSA) is 66.9 Å². The summed E-state index contributed by atoms with van der Waals surface area (Å²) in [5.41, 5.74) is 0.889. The van der Waals surface area contributed by atoms with Crippen molar-refractivity contribution in [3.05, 3.63) is 18.1 Å². The zero-order valence-electron chi connectivity index (χ0n) is 10.8. The number of nitrogens with one attached hydrogen (secondary N) is 2. The van der Waals surface area contributed by atoms with Crippen molar-refractivity contribution in [2.75, 3.05) is 11.9 Å². The summed E-state index contributed by atoms with van der Waals surface area (Å²) in [7, 11) is 0. The Balaban J connectivity index is 1.74. The molecule has 0 aromatic carbocycles. The first kappa shape index (κ1) is 12.8. The quantitative estimate of drug-likeness (QED) is 0.850. The van der Waals surface area contributed by atoms with E-state index >= 15 is 0 Å². The molecule has 0 bridgehead atoms. The van der Waals surface area contributed by atoms with Crippen LogP contribution in [-0.4, -0.2) is 28.5 Å². The maximum absolute atomic E-state index is 11.8. The standard InChI is InChI=1S/C13H20N4O/c1-10-7-12(16-9-15-10)14-8-13(18)17-11-5-3-2-4-6-11/h7,9,11H,2-6,8H2,1H3,(H,17,18)(H,14,15,16). The van der Waals surface area contributed by atoms with Crippen LogP contribution in [0.5, 0.6) is 0 Å². The highest BCUT2D eigenvalue weighted by Gasteiger charge is 2.15. The summed E-state index contributed by atoms with van der Waals surface area (Å²) in [5.74, 6) is 0.736. The van der Waals surface area contributed by atoms with Crippen molar-refractivity contribution in [2.45, 2.75) is 45.1 Å². The summed E-state index contributed by atoms with van der Waals surface area (Å²) in [5, 5.41) is 6.07. The first-order valence-electron chi connectivity index (χ1n) is 6.56. The van der Waals surface area contributed by atoms with Gasteiger partial charge in [-0.2, -0.15) is 0 Å². The fourth-order valence-corrected chi connectivity index (χ4v) is 2.25. The fourth-order valence-electron chi connectivity index (χ4n) is 2.25. The highest BCUT2D eigenvalue weighted by molar-refractivity contribution is 5.80. The van der Waals surface area contributed by atoms with E-state index in [9.17, 15) is 4.79 Å². The lowest BCUT2D eigenvalue weighted by Crippen LogP contribution is -2.39. The van der Waals surface area contributed by atoms with Crippen LogP contribution in [0.15, 0.2) is 12.4 Å². The van der Waals surface area contributed by atoms with E-state index in [2.05, 4.69) is 20.6 Å². The van der Waals surface area contributed by atoms with Crippen LogP contribution in [0, 0.1) is 6.92 Å². The number of carbonyl (C=O) groups excluding carboxylic acids is 1. The first-order chi connectivity index (χ1) is 8.74. The normalized spacial score (nSPS) is 16.3. The maximum Gasteiger partial charge on any atom is 0.239 e. The molecule has 1 aliphatic carbocycles. The SMILES string of the molecule is Cc1cc(NCC(=O)NC2CCCCC2)ncn1. The molecule has 1 aromatic heterocycles. The molecule has 1 aliphatic rings. The van der Waals surface area contributed by atoms with E-state index in [1.54, 1.807) is 0 Å². The summed E-state index contributed by atoms with van der Waals surface area (Å²) in [6.07, 6.45) is 7.46. The van der Waals surface area contributed by atoms with Crippen molar-refractivity contribution in [2.24, 2.45) is 0 Å². The highest BCUT2D eigenvalue weighted by Crippen LogP contribution is 2.17. The maximum atomic E-state index is 11.8. The van der Waals surface area contributed by atoms with Gasteiger partial charge < -0.3 is 10.6 Å². The number of amides is 1. The number of hydrogen-bond donors (Lipinski definition) is 2. The van der Waals surface area contributed by atoms with Gasteiger partial charge in [0.05, 0.1) is 6.54 Å². The fraction of sp³-hybridized carbons (Fsp3) is 0.615. The van der Waals surface area contributed by atoms with E-state index in [4.69, 9.17) is 0 Å². The molecular formula is C13H20N4O. The second-order valence-corrected chi connectivity index (χ2v) is 4.80. The monoisotopic (exact) mass is 248 g/mol. The number of aryl methyl sites for hydroxylation is 1. The summed E-state index contributed by atoms with van der Waals surface area (Å²) < 4.78 is 0. The Morgan fingerprint density at radius 3 is 2.83 bits per heavy atom. The van der Waals surface area contributed by atoms with Gasteiger partial charge in [0.25, 0.3) is 0 Å². The molecule has 1 heterocycles. The van der Waals surface area contributed by atoms with Crippen LogP contribution in [0.3, 0.4) is 0 Å². The van der Waals surface area contributed by atoms with Gasteiger partial charge in [0.15, 0.2) is 0 Å². The number of rotatable bonds is 4. The lowest BCUT2D eigenvalue weighted by Gasteiger charge is -2.22. The van der Waals surface area contributed by atoms with Crippen molar-refractivity contribution in [1.29, 1.82) is 0 Å². The van der Waals surface area contributed by atoms with E-state index in [-0.39, 0.29) is 12.5 Å².